The van der Waals surface area contributed by atoms with E-state index in [9.17, 15) is 4.21 Å². The summed E-state index contributed by atoms with van der Waals surface area (Å²) in [6.45, 7) is 0. The molecule has 1 atom stereocenters. The normalized spacial score (nSPS) is 12.4. The van der Waals surface area contributed by atoms with Crippen LogP contribution in [0.2, 0.25) is 0 Å². The molecule has 1 N–H and O–H groups in total. The van der Waals surface area contributed by atoms with E-state index in [0.29, 0.717) is 5.11 Å². The second kappa shape index (κ2) is 4.63. The van der Waals surface area contributed by atoms with Crippen molar-refractivity contribution >= 4 is 28.4 Å². The molecule has 6 heteroatoms. The number of hydrogen-bond acceptors (Lipinski definition) is 2. The second-order valence-corrected chi connectivity index (χ2v) is 3.59. The van der Waals surface area contributed by atoms with Gasteiger partial charge in [-0.2, -0.15) is 0 Å². The molecular weight excluding hydrogens is 184 g/mol. The quantitative estimate of drug-likeness (QED) is 0.495. The predicted octanol–water partition coefficient (Wildman–Crippen LogP) is -0.0561. The molecule has 0 spiro atoms. The van der Waals surface area contributed by atoms with E-state index in [1.165, 1.54) is 0 Å². The maximum absolute atomic E-state index is 10.3. The van der Waals surface area contributed by atoms with Crippen molar-refractivity contribution < 1.29 is 8.76 Å². The smallest absolute Gasteiger partial charge is 0.173 e. The zero-order valence-corrected chi connectivity index (χ0v) is 8.41. The first kappa shape index (κ1) is 10.8. The van der Waals surface area contributed by atoms with E-state index < -0.39 is 11.1 Å². The third-order valence-electron chi connectivity index (χ3n) is 1.01. The van der Waals surface area contributed by atoms with Crippen LogP contribution in [-0.4, -0.2) is 50.7 Å². The van der Waals surface area contributed by atoms with Gasteiger partial charge in [0.15, 0.2) is 16.2 Å². The summed E-state index contributed by atoms with van der Waals surface area (Å²) >= 11 is 3.10. The molecule has 0 aliphatic heterocycles. The maximum atomic E-state index is 10.3. The van der Waals surface area contributed by atoms with Gasteiger partial charge in [-0.3, -0.25) is 0 Å². The van der Waals surface area contributed by atoms with Crippen LogP contribution in [0.15, 0.2) is 0 Å². The fraction of sp³-hybridized carbons (Fsp3) is 0.800. The van der Waals surface area contributed by atoms with E-state index in [1.54, 1.807) is 30.9 Å². The van der Waals surface area contributed by atoms with E-state index in [2.05, 4.69) is 0 Å². The van der Waals surface area contributed by atoms with Crippen molar-refractivity contribution in [3.8, 4) is 0 Å². The zero-order chi connectivity index (χ0) is 9.02. The molecule has 0 aromatic heterocycles. The Bertz CT molecular complexity index is 172. The topological polar surface area (TPSA) is 43.8 Å². The van der Waals surface area contributed by atoms with Crippen LogP contribution in [0, 0.1) is 0 Å². The molecule has 1 unspecified atom stereocenters. The minimum Gasteiger partial charge on any atom is -0.355 e. The lowest BCUT2D eigenvalue weighted by atomic mass is 10.8. The van der Waals surface area contributed by atoms with Gasteiger partial charge in [0, 0.05) is 21.1 Å². The number of nitrogens with zero attached hydrogens (tertiary/aromatic N) is 2. The highest BCUT2D eigenvalue weighted by molar-refractivity contribution is 7.80. The molecule has 0 aromatic carbocycles. The van der Waals surface area contributed by atoms with Crippen molar-refractivity contribution in [3.63, 3.8) is 0 Å². The number of rotatable bonds is 2. The molecule has 0 aliphatic rings. The molecule has 0 aliphatic carbocycles. The monoisotopic (exact) mass is 196 g/mol. The molecule has 0 fully saturated rings. The molecule has 0 radical (unpaired) electrons. The fourth-order valence-corrected chi connectivity index (χ4v) is 1.16. The zero-order valence-electron chi connectivity index (χ0n) is 6.77. The highest BCUT2D eigenvalue weighted by Gasteiger charge is 2.07. The minimum atomic E-state index is -1.82. The van der Waals surface area contributed by atoms with E-state index in [0.717, 1.165) is 0 Å². The first-order chi connectivity index (χ1) is 4.95. The Kier molecular flexibility index (Phi) is 4.55. The Balaban J connectivity index is 3.93. The van der Waals surface area contributed by atoms with Crippen LogP contribution in [0.3, 0.4) is 0 Å². The highest BCUT2D eigenvalue weighted by atomic mass is 32.2. The van der Waals surface area contributed by atoms with Gasteiger partial charge in [-0.15, -0.1) is 0 Å². The molecule has 66 valence electrons. The molecule has 0 amide bonds. The van der Waals surface area contributed by atoms with Crippen LogP contribution in [0.5, 0.6) is 0 Å². The summed E-state index contributed by atoms with van der Waals surface area (Å²) in [5.74, 6) is 0.0526. The van der Waals surface area contributed by atoms with Gasteiger partial charge < -0.3 is 14.4 Å². The van der Waals surface area contributed by atoms with Gasteiger partial charge in [-0.25, -0.2) is 4.21 Å². The summed E-state index contributed by atoms with van der Waals surface area (Å²) in [6, 6.07) is 0. The molecular formula is C5H12N2O2S2. The third kappa shape index (κ3) is 4.28. The molecule has 0 saturated heterocycles. The lowest BCUT2D eigenvalue weighted by molar-refractivity contribution is 0.467. The molecule has 0 bridgehead atoms. The first-order valence-electron chi connectivity index (χ1n) is 2.95. The minimum absolute atomic E-state index is 0.0526. The second-order valence-electron chi connectivity index (χ2n) is 2.33. The summed E-state index contributed by atoms with van der Waals surface area (Å²) in [4.78, 5) is 3.26. The van der Waals surface area contributed by atoms with Crippen molar-refractivity contribution in [1.29, 1.82) is 0 Å². The van der Waals surface area contributed by atoms with E-state index in [4.69, 9.17) is 16.8 Å². The van der Waals surface area contributed by atoms with Crippen LogP contribution in [0.25, 0.3) is 0 Å². The Morgan fingerprint density at radius 2 is 2.00 bits per heavy atom. The van der Waals surface area contributed by atoms with Gasteiger partial charge in [-0.05, 0) is 12.2 Å². The molecule has 0 heterocycles. The Hall–Kier alpha value is -0.200. The van der Waals surface area contributed by atoms with Crippen molar-refractivity contribution in [3.05, 3.63) is 0 Å². The van der Waals surface area contributed by atoms with Crippen molar-refractivity contribution in [2.75, 3.05) is 27.0 Å². The van der Waals surface area contributed by atoms with Crippen LogP contribution < -0.4 is 0 Å². The molecule has 11 heavy (non-hydrogen) atoms. The van der Waals surface area contributed by atoms with Crippen LogP contribution >= 0.6 is 12.2 Å². The molecule has 4 nitrogen and oxygen atoms in total. The predicted molar refractivity (Wildman–Crippen MR) is 49.7 cm³/mol. The number of hydrogen-bond donors (Lipinski definition) is 1. The third-order valence-corrected chi connectivity index (χ3v) is 2.30. The molecule has 0 rings (SSSR count). The van der Waals surface area contributed by atoms with Crippen LogP contribution in [-0.2, 0) is 11.1 Å². The van der Waals surface area contributed by atoms with E-state index >= 15 is 0 Å². The highest BCUT2D eigenvalue weighted by Crippen LogP contribution is 1.92. The Morgan fingerprint density at radius 1 is 1.55 bits per heavy atom. The van der Waals surface area contributed by atoms with Crippen LogP contribution in [0.4, 0.5) is 0 Å². The SMILES string of the molecule is CN(C)C(=S)N(C)CS(=O)O. The van der Waals surface area contributed by atoms with Crippen molar-refractivity contribution in [2.24, 2.45) is 0 Å². The maximum Gasteiger partial charge on any atom is 0.173 e. The van der Waals surface area contributed by atoms with Gasteiger partial charge in [0.2, 0.25) is 0 Å². The lowest BCUT2D eigenvalue weighted by Crippen LogP contribution is -2.37. The Labute approximate surface area is 74.5 Å². The van der Waals surface area contributed by atoms with E-state index in [-0.39, 0.29) is 5.88 Å². The summed E-state index contributed by atoms with van der Waals surface area (Å²) in [5, 5.41) is 0.549. The van der Waals surface area contributed by atoms with E-state index in [1.807, 2.05) is 0 Å². The van der Waals surface area contributed by atoms with Gasteiger partial charge in [0.25, 0.3) is 0 Å². The fourth-order valence-electron chi connectivity index (χ4n) is 0.562. The average Bonchev–Trinajstić information content (AvgIpc) is 1.84. The summed E-state index contributed by atoms with van der Waals surface area (Å²) in [5.41, 5.74) is 0. The largest absolute Gasteiger partial charge is 0.355 e. The summed E-state index contributed by atoms with van der Waals surface area (Å²) < 4.78 is 18.8. The number of thiocarbonyl (C=S) groups is 1. The first-order valence-corrected chi connectivity index (χ1v) is 4.63. The average molecular weight is 196 g/mol. The molecule has 0 saturated carbocycles. The Morgan fingerprint density at radius 3 is 2.27 bits per heavy atom. The van der Waals surface area contributed by atoms with Gasteiger partial charge in [0.05, 0.1) is 0 Å². The van der Waals surface area contributed by atoms with Gasteiger partial charge in [0.1, 0.15) is 5.88 Å². The van der Waals surface area contributed by atoms with Gasteiger partial charge in [-0.1, -0.05) is 0 Å². The summed E-state index contributed by atoms with van der Waals surface area (Å²) in [6.07, 6.45) is 0. The molecule has 0 aromatic rings. The lowest BCUT2D eigenvalue weighted by Gasteiger charge is -2.23. The van der Waals surface area contributed by atoms with Crippen LogP contribution in [0.1, 0.15) is 0 Å². The van der Waals surface area contributed by atoms with Crippen molar-refractivity contribution in [2.45, 2.75) is 0 Å². The van der Waals surface area contributed by atoms with Crippen molar-refractivity contribution in [1.82, 2.24) is 9.80 Å². The standard InChI is InChI=1S/C5H12N2O2S2/c1-6(2)5(10)7(3)4-11(8)9/h4H2,1-3H3,(H,8,9). The summed E-state index contributed by atoms with van der Waals surface area (Å²) in [7, 11) is 5.26. The van der Waals surface area contributed by atoms with Gasteiger partial charge >= 0.3 is 0 Å².